The molecule has 0 radical (unpaired) electrons. The monoisotopic (exact) mass is 296 g/mol. The Balaban J connectivity index is 2.72. The molecule has 9 heteroatoms. The molecule has 0 aliphatic carbocycles. The lowest BCUT2D eigenvalue weighted by atomic mass is 10.1. The van der Waals surface area contributed by atoms with Crippen molar-refractivity contribution in [1.82, 2.24) is 5.32 Å². The number of anilines is 1. The van der Waals surface area contributed by atoms with Crippen LogP contribution in [0.4, 0.5) is 11.4 Å². The van der Waals surface area contributed by atoms with Crippen LogP contribution in [0.2, 0.25) is 0 Å². The number of primary amides is 1. The van der Waals surface area contributed by atoms with Crippen LogP contribution in [0.3, 0.4) is 0 Å². The quantitative estimate of drug-likeness (QED) is 0.347. The summed E-state index contributed by atoms with van der Waals surface area (Å²) in [6.45, 7) is 0.583. The van der Waals surface area contributed by atoms with Gasteiger partial charge in [0.05, 0.1) is 18.1 Å². The van der Waals surface area contributed by atoms with E-state index < -0.39 is 10.8 Å². The third-order valence-electron chi connectivity index (χ3n) is 2.55. The molecular weight excluding hydrogens is 280 g/mol. The number of hydrogen-bond donors (Lipinski definition) is 3. The Morgan fingerprint density at radius 1 is 1.43 bits per heavy atom. The zero-order chi connectivity index (χ0) is 15.8. The lowest BCUT2D eigenvalue weighted by Gasteiger charge is -2.08. The van der Waals surface area contributed by atoms with Gasteiger partial charge in [0.2, 0.25) is 11.8 Å². The molecule has 0 atom stereocenters. The molecule has 0 fully saturated rings. The standard InChI is InChI=1S/C12H16N4O5/c1-21-5-4-14-11(17)7-15-9-3-2-8(12(13)18)6-10(9)16(19)20/h2-3,6,15H,4-5,7H2,1H3,(H2,13,18)(H,14,17). The number of benzene rings is 1. The average molecular weight is 296 g/mol. The topological polar surface area (TPSA) is 137 Å². The van der Waals surface area contributed by atoms with Crippen LogP contribution >= 0.6 is 0 Å². The van der Waals surface area contributed by atoms with Gasteiger partial charge in [-0.15, -0.1) is 0 Å². The van der Waals surface area contributed by atoms with Crippen molar-refractivity contribution in [1.29, 1.82) is 0 Å². The molecule has 2 amide bonds. The summed E-state index contributed by atoms with van der Waals surface area (Å²) in [5.74, 6) is -1.10. The molecule has 0 spiro atoms. The molecule has 9 nitrogen and oxygen atoms in total. The predicted octanol–water partition coefficient (Wildman–Crippen LogP) is -0.132. The van der Waals surface area contributed by atoms with Crippen LogP contribution < -0.4 is 16.4 Å². The van der Waals surface area contributed by atoms with E-state index in [0.717, 1.165) is 6.07 Å². The number of ether oxygens (including phenoxy) is 1. The molecule has 0 saturated carbocycles. The number of amides is 2. The first-order valence-electron chi connectivity index (χ1n) is 6.03. The highest BCUT2D eigenvalue weighted by atomic mass is 16.6. The number of nitrogens with one attached hydrogen (secondary N) is 2. The minimum absolute atomic E-state index is 0.0248. The van der Waals surface area contributed by atoms with E-state index in [0.29, 0.717) is 13.2 Å². The predicted molar refractivity (Wildman–Crippen MR) is 75.0 cm³/mol. The van der Waals surface area contributed by atoms with Gasteiger partial charge in [-0.1, -0.05) is 0 Å². The van der Waals surface area contributed by atoms with Crippen molar-refractivity contribution in [3.05, 3.63) is 33.9 Å². The highest BCUT2D eigenvalue weighted by Crippen LogP contribution is 2.25. The number of nitro groups is 1. The molecule has 1 aromatic rings. The molecule has 0 heterocycles. The first-order valence-corrected chi connectivity index (χ1v) is 6.03. The van der Waals surface area contributed by atoms with Gasteiger partial charge in [0.25, 0.3) is 5.69 Å². The lowest BCUT2D eigenvalue weighted by molar-refractivity contribution is -0.384. The van der Waals surface area contributed by atoms with Gasteiger partial charge in [-0.3, -0.25) is 19.7 Å². The first kappa shape index (κ1) is 16.4. The summed E-state index contributed by atoms with van der Waals surface area (Å²) in [5.41, 5.74) is 4.90. The largest absolute Gasteiger partial charge is 0.383 e. The molecule has 0 aromatic heterocycles. The van der Waals surface area contributed by atoms with Crippen LogP contribution in [0, 0.1) is 10.1 Å². The average Bonchev–Trinajstić information content (AvgIpc) is 2.45. The van der Waals surface area contributed by atoms with Crippen molar-refractivity contribution in [3.63, 3.8) is 0 Å². The summed E-state index contributed by atoms with van der Waals surface area (Å²) in [7, 11) is 1.51. The molecule has 0 aliphatic rings. The fraction of sp³-hybridized carbons (Fsp3) is 0.333. The maximum atomic E-state index is 11.5. The van der Waals surface area contributed by atoms with Crippen molar-refractivity contribution >= 4 is 23.2 Å². The third-order valence-corrected chi connectivity index (χ3v) is 2.55. The molecule has 0 bridgehead atoms. The summed E-state index contributed by atoms with van der Waals surface area (Å²) >= 11 is 0. The Kier molecular flexibility index (Phi) is 6.08. The van der Waals surface area contributed by atoms with E-state index in [1.165, 1.54) is 19.2 Å². The molecule has 1 aromatic carbocycles. The van der Waals surface area contributed by atoms with Gasteiger partial charge in [-0.25, -0.2) is 0 Å². The van der Waals surface area contributed by atoms with Crippen molar-refractivity contribution in [2.24, 2.45) is 5.73 Å². The van der Waals surface area contributed by atoms with E-state index in [4.69, 9.17) is 10.5 Å². The molecule has 1 rings (SSSR count). The fourth-order valence-corrected chi connectivity index (χ4v) is 1.52. The van der Waals surface area contributed by atoms with E-state index in [-0.39, 0.29) is 29.4 Å². The lowest BCUT2D eigenvalue weighted by Crippen LogP contribution is -2.32. The molecule has 0 saturated heterocycles. The zero-order valence-corrected chi connectivity index (χ0v) is 11.4. The molecule has 0 aliphatic heterocycles. The van der Waals surface area contributed by atoms with E-state index in [2.05, 4.69) is 10.6 Å². The SMILES string of the molecule is COCCNC(=O)CNc1ccc(C(N)=O)cc1[N+](=O)[O-]. The van der Waals surface area contributed by atoms with Gasteiger partial charge in [0.1, 0.15) is 5.69 Å². The van der Waals surface area contributed by atoms with Gasteiger partial charge < -0.3 is 21.1 Å². The van der Waals surface area contributed by atoms with Gasteiger partial charge in [-0.05, 0) is 12.1 Å². The van der Waals surface area contributed by atoms with Crippen molar-refractivity contribution in [3.8, 4) is 0 Å². The maximum absolute atomic E-state index is 11.5. The van der Waals surface area contributed by atoms with Crippen LogP contribution in [0.1, 0.15) is 10.4 Å². The van der Waals surface area contributed by atoms with Crippen LogP contribution in [-0.4, -0.2) is 43.5 Å². The number of rotatable bonds is 8. The second-order valence-electron chi connectivity index (χ2n) is 4.05. The van der Waals surface area contributed by atoms with Gasteiger partial charge in [-0.2, -0.15) is 0 Å². The van der Waals surface area contributed by atoms with Crippen molar-refractivity contribution in [2.45, 2.75) is 0 Å². The van der Waals surface area contributed by atoms with Crippen molar-refractivity contribution in [2.75, 3.05) is 32.1 Å². The smallest absolute Gasteiger partial charge is 0.293 e. The van der Waals surface area contributed by atoms with E-state index in [9.17, 15) is 19.7 Å². The summed E-state index contributed by atoms with van der Waals surface area (Å²) < 4.78 is 4.77. The van der Waals surface area contributed by atoms with Crippen molar-refractivity contribution < 1.29 is 19.2 Å². The van der Waals surface area contributed by atoms with E-state index >= 15 is 0 Å². The molecular formula is C12H16N4O5. The number of nitrogens with zero attached hydrogens (tertiary/aromatic N) is 1. The number of nitrogens with two attached hydrogens (primary N) is 1. The molecule has 114 valence electrons. The maximum Gasteiger partial charge on any atom is 0.293 e. The number of methoxy groups -OCH3 is 1. The van der Waals surface area contributed by atoms with E-state index in [1.807, 2.05) is 0 Å². The Labute approximate surface area is 120 Å². The Morgan fingerprint density at radius 2 is 2.14 bits per heavy atom. The van der Waals surface area contributed by atoms with Gasteiger partial charge in [0.15, 0.2) is 0 Å². The number of carbonyl (C=O) groups is 2. The van der Waals surface area contributed by atoms with Crippen LogP contribution in [0.5, 0.6) is 0 Å². The zero-order valence-electron chi connectivity index (χ0n) is 11.4. The van der Waals surface area contributed by atoms with Crippen LogP contribution in [0.25, 0.3) is 0 Å². The van der Waals surface area contributed by atoms with Crippen LogP contribution in [0.15, 0.2) is 18.2 Å². The van der Waals surface area contributed by atoms with Crippen LogP contribution in [-0.2, 0) is 9.53 Å². The summed E-state index contributed by atoms with van der Waals surface area (Å²) in [6.07, 6.45) is 0. The highest BCUT2D eigenvalue weighted by Gasteiger charge is 2.16. The summed E-state index contributed by atoms with van der Waals surface area (Å²) in [4.78, 5) is 32.8. The normalized spacial score (nSPS) is 9.95. The molecule has 0 unspecified atom stereocenters. The number of nitro benzene ring substituents is 1. The summed E-state index contributed by atoms with van der Waals surface area (Å²) in [6, 6.07) is 3.74. The summed E-state index contributed by atoms with van der Waals surface area (Å²) in [5, 5.41) is 16.2. The first-order chi connectivity index (χ1) is 9.95. The molecule has 4 N–H and O–H groups in total. The molecule has 21 heavy (non-hydrogen) atoms. The Morgan fingerprint density at radius 3 is 2.71 bits per heavy atom. The second-order valence-corrected chi connectivity index (χ2v) is 4.05. The number of carbonyl (C=O) groups excluding carboxylic acids is 2. The second kappa shape index (κ2) is 7.80. The fourth-order valence-electron chi connectivity index (χ4n) is 1.52. The highest BCUT2D eigenvalue weighted by molar-refractivity contribution is 5.94. The minimum atomic E-state index is -0.762. The van der Waals surface area contributed by atoms with Gasteiger partial charge >= 0.3 is 0 Å². The third kappa shape index (κ3) is 5.07. The van der Waals surface area contributed by atoms with E-state index in [1.54, 1.807) is 0 Å². The van der Waals surface area contributed by atoms with Gasteiger partial charge in [0, 0.05) is 25.3 Å². The Hall–Kier alpha value is -2.68. The minimum Gasteiger partial charge on any atom is -0.383 e. The number of hydrogen-bond acceptors (Lipinski definition) is 6. The Bertz CT molecular complexity index is 546.